The molecule has 0 spiro atoms. The van der Waals surface area contributed by atoms with E-state index in [4.69, 9.17) is 0 Å². The highest BCUT2D eigenvalue weighted by molar-refractivity contribution is 5.43. The van der Waals surface area contributed by atoms with Gasteiger partial charge >= 0.3 is 0 Å². The molecule has 2 heterocycles. The summed E-state index contributed by atoms with van der Waals surface area (Å²) in [6, 6.07) is 0. The first kappa shape index (κ1) is 11.3. The van der Waals surface area contributed by atoms with Crippen LogP contribution in [-0.4, -0.2) is 23.1 Å². The minimum absolute atomic E-state index is 0.253. The molecular weight excluding hydrogens is 205 g/mol. The first-order valence-corrected chi connectivity index (χ1v) is 5.76. The fourth-order valence-corrected chi connectivity index (χ4v) is 2.03. The molecule has 0 N–H and O–H groups in total. The van der Waals surface area contributed by atoms with E-state index >= 15 is 0 Å². The molecule has 3 nitrogen and oxygen atoms in total. The molecule has 0 atom stereocenters. The van der Waals surface area contributed by atoms with Crippen molar-refractivity contribution in [3.05, 3.63) is 17.8 Å². The Morgan fingerprint density at radius 3 is 2.38 bits per heavy atom. The summed E-state index contributed by atoms with van der Waals surface area (Å²) in [4.78, 5) is 10.1. The Labute approximate surface area is 95.7 Å². The molecule has 4 heteroatoms. The van der Waals surface area contributed by atoms with Crippen molar-refractivity contribution in [1.82, 2.24) is 9.97 Å². The molecule has 1 fully saturated rings. The number of hydrogen-bond acceptors (Lipinski definition) is 3. The molecule has 1 saturated heterocycles. The zero-order chi connectivity index (χ0) is 11.8. The molecule has 1 aliphatic heterocycles. The Kier molecular flexibility index (Phi) is 2.82. The fraction of sp³-hybridized carbons (Fsp3) is 0.667. The zero-order valence-electron chi connectivity index (χ0n) is 10.1. The van der Waals surface area contributed by atoms with E-state index in [1.807, 2.05) is 25.7 Å². The summed E-state index contributed by atoms with van der Waals surface area (Å²) in [5.41, 5.74) is 0.228. The Balaban J connectivity index is 2.40. The smallest absolute Gasteiger partial charge is 0.187 e. The third-order valence-corrected chi connectivity index (χ3v) is 2.89. The summed E-state index contributed by atoms with van der Waals surface area (Å²) in [5, 5.41) is 0. The van der Waals surface area contributed by atoms with Crippen LogP contribution in [-0.2, 0) is 5.41 Å². The second-order valence-corrected chi connectivity index (χ2v) is 5.30. The van der Waals surface area contributed by atoms with Gasteiger partial charge in [-0.2, -0.15) is 0 Å². The van der Waals surface area contributed by atoms with Crippen LogP contribution in [0.25, 0.3) is 0 Å². The third-order valence-electron chi connectivity index (χ3n) is 2.89. The fourth-order valence-electron chi connectivity index (χ4n) is 2.03. The monoisotopic (exact) mass is 223 g/mol. The highest BCUT2D eigenvalue weighted by Gasteiger charge is 2.26. The molecule has 1 aromatic heterocycles. The van der Waals surface area contributed by atoms with Crippen LogP contribution in [0.15, 0.2) is 6.33 Å². The topological polar surface area (TPSA) is 29.0 Å². The van der Waals surface area contributed by atoms with E-state index in [0.29, 0.717) is 11.5 Å². The van der Waals surface area contributed by atoms with Gasteiger partial charge in [-0.25, -0.2) is 14.4 Å². The lowest BCUT2D eigenvalue weighted by Gasteiger charge is -2.22. The molecule has 88 valence electrons. The Morgan fingerprint density at radius 2 is 1.81 bits per heavy atom. The largest absolute Gasteiger partial charge is 0.354 e. The molecule has 0 aromatic carbocycles. The maximum absolute atomic E-state index is 14.3. The molecule has 1 aliphatic rings. The normalized spacial score (nSPS) is 16.9. The second-order valence-electron chi connectivity index (χ2n) is 5.30. The first-order chi connectivity index (χ1) is 7.50. The molecule has 0 unspecified atom stereocenters. The van der Waals surface area contributed by atoms with Crippen molar-refractivity contribution in [1.29, 1.82) is 0 Å². The summed E-state index contributed by atoms with van der Waals surface area (Å²) in [6.45, 7) is 7.69. The van der Waals surface area contributed by atoms with Gasteiger partial charge in [-0.05, 0) is 12.8 Å². The number of hydrogen-bond donors (Lipinski definition) is 0. The molecule has 1 aromatic rings. The van der Waals surface area contributed by atoms with Crippen molar-refractivity contribution in [2.24, 2.45) is 0 Å². The van der Waals surface area contributed by atoms with E-state index in [2.05, 4.69) is 9.97 Å². The van der Waals surface area contributed by atoms with E-state index in [1.54, 1.807) is 0 Å². The first-order valence-electron chi connectivity index (χ1n) is 5.76. The number of anilines is 1. The number of aromatic nitrogens is 2. The van der Waals surface area contributed by atoms with E-state index < -0.39 is 0 Å². The van der Waals surface area contributed by atoms with Gasteiger partial charge in [0.1, 0.15) is 6.33 Å². The van der Waals surface area contributed by atoms with Crippen LogP contribution in [0, 0.1) is 5.82 Å². The molecular formula is C12H18FN3. The van der Waals surface area contributed by atoms with E-state index in [1.165, 1.54) is 6.33 Å². The number of rotatable bonds is 1. The Morgan fingerprint density at radius 1 is 1.19 bits per heavy atom. The van der Waals surface area contributed by atoms with Gasteiger partial charge in [0.15, 0.2) is 11.6 Å². The van der Waals surface area contributed by atoms with Gasteiger partial charge in [0, 0.05) is 18.5 Å². The van der Waals surface area contributed by atoms with Crippen molar-refractivity contribution in [2.75, 3.05) is 18.0 Å². The van der Waals surface area contributed by atoms with Crippen LogP contribution in [0.5, 0.6) is 0 Å². The van der Waals surface area contributed by atoms with E-state index in [9.17, 15) is 4.39 Å². The predicted molar refractivity (Wildman–Crippen MR) is 62.1 cm³/mol. The predicted octanol–water partition coefficient (Wildman–Crippen LogP) is 2.51. The van der Waals surface area contributed by atoms with Gasteiger partial charge in [0.05, 0.1) is 5.69 Å². The standard InChI is InChI=1S/C12H18FN3/c1-12(2,3)10-9(13)11(15-8-14-10)16-6-4-5-7-16/h8H,4-7H2,1-3H3. The van der Waals surface area contributed by atoms with Gasteiger partial charge in [-0.1, -0.05) is 20.8 Å². The van der Waals surface area contributed by atoms with Crippen LogP contribution in [0.1, 0.15) is 39.3 Å². The highest BCUT2D eigenvalue weighted by atomic mass is 19.1. The Bertz CT molecular complexity index is 378. The average Bonchev–Trinajstić information content (AvgIpc) is 2.69. The van der Waals surface area contributed by atoms with Crippen LogP contribution in [0.3, 0.4) is 0 Å². The molecule has 2 rings (SSSR count). The molecule has 16 heavy (non-hydrogen) atoms. The van der Waals surface area contributed by atoms with E-state index in [-0.39, 0.29) is 11.2 Å². The minimum atomic E-state index is -0.276. The van der Waals surface area contributed by atoms with Crippen molar-refractivity contribution in [3.63, 3.8) is 0 Å². The molecule has 0 amide bonds. The summed E-state index contributed by atoms with van der Waals surface area (Å²) in [5.74, 6) is 0.217. The lowest BCUT2D eigenvalue weighted by molar-refractivity contribution is 0.497. The van der Waals surface area contributed by atoms with Crippen molar-refractivity contribution >= 4 is 5.82 Å². The summed E-state index contributed by atoms with van der Waals surface area (Å²) < 4.78 is 14.3. The molecule has 0 saturated carbocycles. The maximum Gasteiger partial charge on any atom is 0.187 e. The third kappa shape index (κ3) is 2.01. The molecule has 0 radical (unpaired) electrons. The minimum Gasteiger partial charge on any atom is -0.354 e. The maximum atomic E-state index is 14.3. The molecule has 0 aliphatic carbocycles. The van der Waals surface area contributed by atoms with Gasteiger partial charge in [-0.15, -0.1) is 0 Å². The van der Waals surface area contributed by atoms with Crippen molar-refractivity contribution in [2.45, 2.75) is 39.0 Å². The lowest BCUT2D eigenvalue weighted by Crippen LogP contribution is -2.24. The van der Waals surface area contributed by atoms with Gasteiger partial charge in [-0.3, -0.25) is 0 Å². The molecule has 0 bridgehead atoms. The Hall–Kier alpha value is -1.19. The van der Waals surface area contributed by atoms with Crippen molar-refractivity contribution in [3.8, 4) is 0 Å². The van der Waals surface area contributed by atoms with Gasteiger partial charge in [0.25, 0.3) is 0 Å². The van der Waals surface area contributed by atoms with Crippen LogP contribution in [0.4, 0.5) is 10.2 Å². The summed E-state index contributed by atoms with van der Waals surface area (Å²) in [6.07, 6.45) is 3.71. The SMILES string of the molecule is CC(C)(C)c1ncnc(N2CCCC2)c1F. The average molecular weight is 223 g/mol. The quantitative estimate of drug-likeness (QED) is 0.732. The van der Waals surface area contributed by atoms with Crippen LogP contribution in [0.2, 0.25) is 0 Å². The summed E-state index contributed by atoms with van der Waals surface area (Å²) >= 11 is 0. The van der Waals surface area contributed by atoms with Crippen molar-refractivity contribution < 1.29 is 4.39 Å². The number of halogens is 1. The number of nitrogens with zero attached hydrogens (tertiary/aromatic N) is 3. The second kappa shape index (κ2) is 4.00. The zero-order valence-corrected chi connectivity index (χ0v) is 10.1. The van der Waals surface area contributed by atoms with Gasteiger partial charge in [0.2, 0.25) is 0 Å². The van der Waals surface area contributed by atoms with Crippen LogP contribution < -0.4 is 4.90 Å². The highest BCUT2D eigenvalue weighted by Crippen LogP contribution is 2.28. The van der Waals surface area contributed by atoms with Crippen LogP contribution >= 0.6 is 0 Å². The van der Waals surface area contributed by atoms with Gasteiger partial charge < -0.3 is 4.90 Å². The lowest BCUT2D eigenvalue weighted by atomic mass is 9.91. The van der Waals surface area contributed by atoms with E-state index in [0.717, 1.165) is 25.9 Å². The summed E-state index contributed by atoms with van der Waals surface area (Å²) in [7, 11) is 0.